The number of rotatable bonds is 3. The smallest absolute Gasteiger partial charge is 0.183 e. The molecule has 0 spiro atoms. The molecule has 0 aliphatic carbocycles. The van der Waals surface area contributed by atoms with Gasteiger partial charge in [0.05, 0.1) is 5.69 Å². The number of hydrogen-bond donors (Lipinski definition) is 0. The molecule has 1 nitrogen and oxygen atoms in total. The summed E-state index contributed by atoms with van der Waals surface area (Å²) < 4.78 is 14.7. The van der Waals surface area contributed by atoms with Crippen LogP contribution in [0.2, 0.25) is 4.47 Å². The molecule has 0 saturated heterocycles. The fraction of sp³-hybridized carbons (Fsp3) is 0.0625. The van der Waals surface area contributed by atoms with Crippen molar-refractivity contribution in [2.75, 3.05) is 0 Å². The molecule has 0 bridgehead atoms. The molecule has 0 unspecified atom stereocenters. The number of hydrogen-bond acceptors (Lipinski definition) is 2. The normalized spacial score (nSPS) is 10.7. The van der Waals surface area contributed by atoms with Gasteiger partial charge in [-0.25, -0.2) is 9.37 Å². The van der Waals surface area contributed by atoms with Crippen LogP contribution >= 0.6 is 22.9 Å². The number of benzene rings is 2. The van der Waals surface area contributed by atoms with Gasteiger partial charge in [-0.1, -0.05) is 54.1 Å². The van der Waals surface area contributed by atoms with Crippen LogP contribution in [-0.4, -0.2) is 4.98 Å². The summed E-state index contributed by atoms with van der Waals surface area (Å²) in [5.41, 5.74) is 3.32. The highest BCUT2D eigenvalue weighted by molar-refractivity contribution is 7.13. The fourth-order valence-corrected chi connectivity index (χ4v) is 2.84. The van der Waals surface area contributed by atoms with Gasteiger partial charge in [0.1, 0.15) is 5.82 Å². The number of aromatic nitrogens is 1. The first-order valence-corrected chi connectivity index (χ1v) is 7.42. The Balaban J connectivity index is 1.88. The van der Waals surface area contributed by atoms with E-state index in [9.17, 15) is 4.39 Å². The van der Waals surface area contributed by atoms with Crippen molar-refractivity contribution >= 4 is 22.9 Å². The maximum atomic E-state index is 14.2. The zero-order valence-electron chi connectivity index (χ0n) is 10.5. The van der Waals surface area contributed by atoms with Crippen molar-refractivity contribution in [1.29, 1.82) is 0 Å². The minimum Gasteiger partial charge on any atom is -0.230 e. The molecule has 1 heterocycles. The molecule has 2 aromatic carbocycles. The van der Waals surface area contributed by atoms with Crippen LogP contribution in [0.3, 0.4) is 0 Å². The summed E-state index contributed by atoms with van der Waals surface area (Å²) >= 11 is 7.15. The van der Waals surface area contributed by atoms with E-state index >= 15 is 0 Å². The average molecular weight is 304 g/mol. The molecule has 3 rings (SSSR count). The molecule has 0 radical (unpaired) electrons. The zero-order valence-corrected chi connectivity index (χ0v) is 12.1. The summed E-state index contributed by atoms with van der Waals surface area (Å²) in [5, 5.41) is 1.85. The maximum absolute atomic E-state index is 14.2. The summed E-state index contributed by atoms with van der Waals surface area (Å²) in [5.74, 6) is -0.213. The van der Waals surface area contributed by atoms with Crippen molar-refractivity contribution in [3.8, 4) is 11.1 Å². The van der Waals surface area contributed by atoms with Crippen molar-refractivity contribution in [3.05, 3.63) is 75.5 Å². The molecular formula is C16H11ClFNS. The van der Waals surface area contributed by atoms with Gasteiger partial charge >= 0.3 is 0 Å². The molecule has 0 aliphatic heterocycles. The van der Waals surface area contributed by atoms with Crippen LogP contribution < -0.4 is 0 Å². The largest absolute Gasteiger partial charge is 0.230 e. The average Bonchev–Trinajstić information content (AvgIpc) is 2.87. The monoisotopic (exact) mass is 303 g/mol. The first kappa shape index (κ1) is 13.3. The van der Waals surface area contributed by atoms with E-state index in [1.165, 1.54) is 11.3 Å². The molecule has 0 aliphatic rings. The molecule has 100 valence electrons. The van der Waals surface area contributed by atoms with Crippen LogP contribution in [0.5, 0.6) is 0 Å². The summed E-state index contributed by atoms with van der Waals surface area (Å²) in [4.78, 5) is 4.14. The lowest BCUT2D eigenvalue weighted by atomic mass is 10.0. The van der Waals surface area contributed by atoms with Crippen molar-refractivity contribution in [3.63, 3.8) is 0 Å². The van der Waals surface area contributed by atoms with E-state index in [0.29, 0.717) is 16.5 Å². The first-order valence-electron chi connectivity index (χ1n) is 6.16. The molecule has 0 N–H and O–H groups in total. The summed E-state index contributed by atoms with van der Waals surface area (Å²) in [7, 11) is 0. The van der Waals surface area contributed by atoms with Crippen molar-refractivity contribution < 1.29 is 4.39 Å². The first-order chi connectivity index (χ1) is 9.72. The maximum Gasteiger partial charge on any atom is 0.183 e. The Kier molecular flexibility index (Phi) is 3.81. The van der Waals surface area contributed by atoms with Gasteiger partial charge in [0, 0.05) is 11.8 Å². The highest BCUT2D eigenvalue weighted by Gasteiger charge is 2.08. The predicted molar refractivity (Wildman–Crippen MR) is 81.8 cm³/mol. The molecule has 1 aromatic heterocycles. The third-order valence-corrected chi connectivity index (χ3v) is 4.08. The van der Waals surface area contributed by atoms with Gasteiger partial charge in [-0.05, 0) is 22.8 Å². The SMILES string of the molecule is Fc1cc(-c2ccccc2)ccc1Cc1csc(Cl)n1. The minimum absolute atomic E-state index is 0.213. The van der Waals surface area contributed by atoms with E-state index in [1.54, 1.807) is 6.07 Å². The molecule has 0 amide bonds. The van der Waals surface area contributed by atoms with E-state index < -0.39 is 0 Å². The van der Waals surface area contributed by atoms with Crippen molar-refractivity contribution in [2.45, 2.75) is 6.42 Å². The van der Waals surface area contributed by atoms with E-state index in [1.807, 2.05) is 47.8 Å². The molecule has 4 heteroatoms. The molecule has 0 atom stereocenters. The fourth-order valence-electron chi connectivity index (χ4n) is 2.06. The Labute approximate surface area is 125 Å². The number of nitrogens with zero attached hydrogens (tertiary/aromatic N) is 1. The quantitative estimate of drug-likeness (QED) is 0.648. The third-order valence-electron chi connectivity index (χ3n) is 3.06. The van der Waals surface area contributed by atoms with Gasteiger partial charge in [0.15, 0.2) is 4.47 Å². The standard InChI is InChI=1S/C16H11ClFNS/c17-16-19-14(10-20-16)8-13-7-6-12(9-15(13)18)11-4-2-1-3-5-11/h1-7,9-10H,8H2. The Morgan fingerprint density at radius 2 is 1.85 bits per heavy atom. The molecule has 20 heavy (non-hydrogen) atoms. The van der Waals surface area contributed by atoms with Crippen LogP contribution in [0.25, 0.3) is 11.1 Å². The lowest BCUT2D eigenvalue weighted by Crippen LogP contribution is -1.93. The Morgan fingerprint density at radius 3 is 2.50 bits per heavy atom. The van der Waals surface area contributed by atoms with Gasteiger partial charge in [0.2, 0.25) is 0 Å². The summed E-state index contributed by atoms with van der Waals surface area (Å²) in [6, 6.07) is 15.1. The van der Waals surface area contributed by atoms with Crippen LogP contribution in [0, 0.1) is 5.82 Å². The molecule has 0 fully saturated rings. The number of halogens is 2. The van der Waals surface area contributed by atoms with E-state index in [2.05, 4.69) is 4.98 Å². The van der Waals surface area contributed by atoms with Crippen LogP contribution in [-0.2, 0) is 6.42 Å². The Hall–Kier alpha value is -1.71. The second-order valence-corrected chi connectivity index (χ2v) is 5.88. The highest BCUT2D eigenvalue weighted by atomic mass is 35.5. The van der Waals surface area contributed by atoms with Crippen LogP contribution in [0.15, 0.2) is 53.9 Å². The molecular weight excluding hydrogens is 293 g/mol. The summed E-state index contributed by atoms with van der Waals surface area (Å²) in [6.45, 7) is 0. The summed E-state index contributed by atoms with van der Waals surface area (Å²) in [6.07, 6.45) is 0.462. The van der Waals surface area contributed by atoms with Gasteiger partial charge in [-0.15, -0.1) is 11.3 Å². The minimum atomic E-state index is -0.213. The second kappa shape index (κ2) is 5.73. The molecule has 0 saturated carbocycles. The third kappa shape index (κ3) is 2.89. The molecule has 3 aromatic rings. The van der Waals surface area contributed by atoms with E-state index in [-0.39, 0.29) is 5.82 Å². The lowest BCUT2D eigenvalue weighted by molar-refractivity contribution is 0.614. The Bertz CT molecular complexity index is 724. The topological polar surface area (TPSA) is 12.9 Å². The van der Waals surface area contributed by atoms with Gasteiger partial charge < -0.3 is 0 Å². The van der Waals surface area contributed by atoms with Gasteiger partial charge in [-0.2, -0.15) is 0 Å². The van der Waals surface area contributed by atoms with Gasteiger partial charge in [-0.3, -0.25) is 0 Å². The van der Waals surface area contributed by atoms with Crippen molar-refractivity contribution in [1.82, 2.24) is 4.98 Å². The lowest BCUT2D eigenvalue weighted by Gasteiger charge is -2.05. The Morgan fingerprint density at radius 1 is 1.05 bits per heavy atom. The van der Waals surface area contributed by atoms with Crippen LogP contribution in [0.4, 0.5) is 4.39 Å². The highest BCUT2D eigenvalue weighted by Crippen LogP contribution is 2.24. The zero-order chi connectivity index (χ0) is 13.9. The predicted octanol–water partition coefficient (Wildman–Crippen LogP) is 5.19. The second-order valence-electron chi connectivity index (χ2n) is 4.44. The van der Waals surface area contributed by atoms with Gasteiger partial charge in [0.25, 0.3) is 0 Å². The number of thiazole rings is 1. The van der Waals surface area contributed by atoms with E-state index in [0.717, 1.165) is 16.8 Å². The van der Waals surface area contributed by atoms with E-state index in [4.69, 9.17) is 11.6 Å². The van der Waals surface area contributed by atoms with Crippen molar-refractivity contribution in [2.24, 2.45) is 0 Å². The van der Waals surface area contributed by atoms with Crippen LogP contribution in [0.1, 0.15) is 11.3 Å².